The maximum atomic E-state index is 14.1. The molecule has 1 saturated heterocycles. The van der Waals surface area contributed by atoms with Crippen molar-refractivity contribution >= 4 is 47.2 Å². The minimum Gasteiger partial charge on any atom is -0.407 e. The fourth-order valence-corrected chi connectivity index (χ4v) is 22.8. The highest BCUT2D eigenvalue weighted by atomic mass is 32.2. The lowest BCUT2D eigenvalue weighted by Gasteiger charge is -2.49. The summed E-state index contributed by atoms with van der Waals surface area (Å²) in [6, 6.07) is 52.4. The number of ether oxygens (including phenoxy) is 3. The number of hydrogen-bond acceptors (Lipinski definition) is 10. The molecule has 1 fully saturated rings. The zero-order valence-corrected chi connectivity index (χ0v) is 49.0. The zero-order valence-electron chi connectivity index (χ0n) is 46.1. The van der Waals surface area contributed by atoms with Gasteiger partial charge in [-0.25, -0.2) is 8.42 Å². The second-order valence-electron chi connectivity index (χ2n) is 23.2. The first kappa shape index (κ1) is 57.1. The molecule has 0 saturated carbocycles. The molecule has 0 aliphatic carbocycles. The Morgan fingerprint density at radius 3 is 1.50 bits per heavy atom. The molecule has 0 spiro atoms. The van der Waals surface area contributed by atoms with Gasteiger partial charge in [0.15, 0.2) is 5.79 Å². The van der Waals surface area contributed by atoms with Crippen LogP contribution in [0.2, 0.25) is 10.1 Å². The van der Waals surface area contributed by atoms with Crippen molar-refractivity contribution < 1.29 is 31.5 Å². The Kier molecular flexibility index (Phi) is 18.3. The molecule has 398 valence electrons. The summed E-state index contributed by atoms with van der Waals surface area (Å²) in [5.41, 5.74) is 0.571. The van der Waals surface area contributed by atoms with E-state index in [0.717, 1.165) is 12.8 Å². The standard InChI is InChI=1S/C60H82N4O7SSi2/c1-44(55-47(4)56(70-60(11,12)69-55)45(2)43-72(65,66)57-61-62-63-64(57)48-29-19-14-20-30-48)39-40-54(71-74(59(8,9)10,51-35-25-17-26-36-51)52-37-27-18-28-38-52)46(3)53(67-13)41-42-68-73(58(5,6)7,49-31-21-15-22-32-49)50-33-23-16-24-34-50/h14-38,44-47,53-56H,39-43H2,1-13H3/t44-,45-,46+,47-,53+,54+,55-,56-/m0/s1. The minimum absolute atomic E-state index is 0.0433. The summed E-state index contributed by atoms with van der Waals surface area (Å²) in [6.07, 6.45) is 1.07. The first-order valence-electron chi connectivity index (χ1n) is 26.5. The van der Waals surface area contributed by atoms with Crippen LogP contribution < -0.4 is 20.7 Å². The summed E-state index contributed by atoms with van der Waals surface area (Å²) < 4.78 is 65.3. The fourth-order valence-electron chi connectivity index (χ4n) is 11.8. The highest BCUT2D eigenvalue weighted by Gasteiger charge is 2.54. The van der Waals surface area contributed by atoms with Crippen LogP contribution in [0.3, 0.4) is 0 Å². The third kappa shape index (κ3) is 12.3. The molecule has 1 aromatic heterocycles. The van der Waals surface area contributed by atoms with E-state index in [2.05, 4.69) is 199 Å². The Balaban J connectivity index is 1.19. The van der Waals surface area contributed by atoms with Gasteiger partial charge in [0.2, 0.25) is 9.84 Å². The highest BCUT2D eigenvalue weighted by molar-refractivity contribution is 7.91. The van der Waals surface area contributed by atoms with Gasteiger partial charge in [0.25, 0.3) is 21.8 Å². The molecule has 14 heteroatoms. The average Bonchev–Trinajstić information content (AvgIpc) is 3.89. The average molecular weight is 1060 g/mol. The van der Waals surface area contributed by atoms with Gasteiger partial charge in [0, 0.05) is 25.6 Å². The van der Waals surface area contributed by atoms with Crippen LogP contribution in [0.4, 0.5) is 0 Å². The first-order chi connectivity index (χ1) is 35.1. The van der Waals surface area contributed by atoms with Crippen molar-refractivity contribution in [2.75, 3.05) is 19.5 Å². The smallest absolute Gasteiger partial charge is 0.272 e. The first-order valence-corrected chi connectivity index (χ1v) is 32.0. The normalized spacial score (nSPS) is 19.8. The van der Waals surface area contributed by atoms with Gasteiger partial charge in [0.1, 0.15) is 0 Å². The Morgan fingerprint density at radius 1 is 0.622 bits per heavy atom. The lowest BCUT2D eigenvalue weighted by Crippen LogP contribution is -2.68. The predicted octanol–water partition coefficient (Wildman–Crippen LogP) is 10.2. The molecule has 6 aromatic rings. The van der Waals surface area contributed by atoms with Crippen molar-refractivity contribution in [3.8, 4) is 5.69 Å². The molecule has 11 nitrogen and oxygen atoms in total. The Bertz CT molecular complexity index is 2700. The predicted molar refractivity (Wildman–Crippen MR) is 302 cm³/mol. The van der Waals surface area contributed by atoms with E-state index in [-0.39, 0.29) is 57.1 Å². The third-order valence-corrected chi connectivity index (χ3v) is 27.3. The Morgan fingerprint density at radius 2 is 1.05 bits per heavy atom. The van der Waals surface area contributed by atoms with Gasteiger partial charge >= 0.3 is 0 Å². The van der Waals surface area contributed by atoms with Crippen molar-refractivity contribution in [2.24, 2.45) is 23.7 Å². The quantitative estimate of drug-likeness (QED) is 0.0607. The molecule has 0 N–H and O–H groups in total. The monoisotopic (exact) mass is 1060 g/mol. The van der Waals surface area contributed by atoms with Crippen LogP contribution in [-0.4, -0.2) is 94.9 Å². The van der Waals surface area contributed by atoms with Crippen molar-refractivity contribution in [2.45, 2.75) is 148 Å². The van der Waals surface area contributed by atoms with Crippen molar-refractivity contribution in [1.82, 2.24) is 20.2 Å². The van der Waals surface area contributed by atoms with E-state index in [1.54, 1.807) is 12.1 Å². The number of para-hydroxylation sites is 1. The number of aromatic nitrogens is 4. The number of benzene rings is 5. The summed E-state index contributed by atoms with van der Waals surface area (Å²) in [5.74, 6) is -1.73. The van der Waals surface area contributed by atoms with Gasteiger partial charge in [0.05, 0.1) is 35.9 Å². The number of methoxy groups -OCH3 is 1. The van der Waals surface area contributed by atoms with Crippen LogP contribution in [0.15, 0.2) is 157 Å². The van der Waals surface area contributed by atoms with Crippen molar-refractivity contribution in [3.63, 3.8) is 0 Å². The molecule has 1 aliphatic heterocycles. The number of rotatable bonds is 22. The van der Waals surface area contributed by atoms with Crippen LogP contribution in [-0.2, 0) is 32.9 Å². The summed E-state index contributed by atoms with van der Waals surface area (Å²) in [7, 11) is -7.98. The molecule has 5 aromatic carbocycles. The number of nitrogens with zero attached hydrogens (tertiary/aromatic N) is 4. The van der Waals surface area contributed by atoms with E-state index in [9.17, 15) is 8.42 Å². The van der Waals surface area contributed by atoms with E-state index >= 15 is 0 Å². The highest BCUT2D eigenvalue weighted by Crippen LogP contribution is 2.43. The third-order valence-electron chi connectivity index (χ3n) is 15.5. The van der Waals surface area contributed by atoms with Gasteiger partial charge in [-0.05, 0) is 98.3 Å². The largest absolute Gasteiger partial charge is 0.407 e. The minimum atomic E-state index is -3.94. The van der Waals surface area contributed by atoms with Crippen LogP contribution in [0, 0.1) is 23.7 Å². The van der Waals surface area contributed by atoms with E-state index in [1.807, 2.05) is 46.1 Å². The van der Waals surface area contributed by atoms with Gasteiger partial charge in [-0.3, -0.25) is 0 Å². The maximum absolute atomic E-state index is 14.1. The molecule has 7 rings (SSSR count). The van der Waals surface area contributed by atoms with E-state index < -0.39 is 44.3 Å². The lowest BCUT2D eigenvalue weighted by molar-refractivity contribution is -0.333. The molecule has 74 heavy (non-hydrogen) atoms. The van der Waals surface area contributed by atoms with E-state index in [4.69, 9.17) is 23.1 Å². The van der Waals surface area contributed by atoms with Gasteiger partial charge in [-0.2, -0.15) is 4.68 Å². The fraction of sp³-hybridized carbons (Fsp3) is 0.483. The molecule has 0 radical (unpaired) electrons. The molecule has 1 aliphatic rings. The van der Waals surface area contributed by atoms with Crippen molar-refractivity contribution in [1.29, 1.82) is 0 Å². The second kappa shape index (κ2) is 23.7. The Hall–Kier alpha value is -4.65. The van der Waals surface area contributed by atoms with Crippen LogP contribution in [0.25, 0.3) is 5.69 Å². The van der Waals surface area contributed by atoms with Crippen LogP contribution >= 0.6 is 0 Å². The van der Waals surface area contributed by atoms with Crippen molar-refractivity contribution in [3.05, 3.63) is 152 Å². The summed E-state index contributed by atoms with van der Waals surface area (Å²) in [4.78, 5) is 0. The maximum Gasteiger partial charge on any atom is 0.272 e. The lowest BCUT2D eigenvalue weighted by atomic mass is 9.80. The molecule has 2 heterocycles. The number of sulfone groups is 1. The summed E-state index contributed by atoms with van der Waals surface area (Å²) in [5, 5.41) is 16.1. The molecular formula is C60H82N4O7SSi2. The second-order valence-corrected chi connectivity index (χ2v) is 33.7. The Labute approximate surface area is 444 Å². The van der Waals surface area contributed by atoms with Crippen LogP contribution in [0.1, 0.15) is 102 Å². The number of tetrazole rings is 1. The van der Waals surface area contributed by atoms with Crippen LogP contribution in [0.5, 0.6) is 0 Å². The molecular weight excluding hydrogens is 977 g/mol. The zero-order chi connectivity index (χ0) is 53.5. The molecule has 0 unspecified atom stereocenters. The summed E-state index contributed by atoms with van der Waals surface area (Å²) in [6.45, 7) is 26.9. The molecule has 0 amide bonds. The molecule has 0 bridgehead atoms. The number of hydrogen-bond donors (Lipinski definition) is 0. The molecule has 8 atom stereocenters. The topological polar surface area (TPSA) is 124 Å². The van der Waals surface area contributed by atoms with Gasteiger partial charge in [-0.1, -0.05) is 214 Å². The van der Waals surface area contributed by atoms with E-state index in [1.165, 1.54) is 25.4 Å². The SMILES string of the molecule is CO[C@H](CCO[Si](c1ccccc1)(c1ccccc1)C(C)(C)C)[C@@H](C)[C@@H](CC[C@H](C)[C@@H]1OC(C)(C)O[C@@H]([C@@H](C)CS(=O)(=O)c2nnnn2-c2ccccc2)[C@H]1C)O[Si](c1ccccc1)(c1ccccc1)C(C)(C)C. The van der Waals surface area contributed by atoms with E-state index in [0.29, 0.717) is 18.7 Å². The summed E-state index contributed by atoms with van der Waals surface area (Å²) >= 11 is 0. The van der Waals surface area contributed by atoms with Gasteiger partial charge in [-0.15, -0.1) is 0 Å². The van der Waals surface area contributed by atoms with Gasteiger partial charge < -0.3 is 23.1 Å².